The fourth-order valence-corrected chi connectivity index (χ4v) is 3.24. The van der Waals surface area contributed by atoms with Crippen LogP contribution in [-0.2, 0) is 13.5 Å². The van der Waals surface area contributed by atoms with Crippen molar-refractivity contribution in [3.05, 3.63) is 52.3 Å². The first-order valence-corrected chi connectivity index (χ1v) is 7.47. The molecule has 1 aromatic heterocycles. The number of amides is 1. The van der Waals surface area contributed by atoms with Gasteiger partial charge in [-0.2, -0.15) is 5.10 Å². The van der Waals surface area contributed by atoms with Gasteiger partial charge in [-0.1, -0.05) is 24.3 Å². The normalized spacial score (nSPS) is 17.4. The smallest absolute Gasteiger partial charge is 0.255 e. The molecule has 1 aliphatic rings. The van der Waals surface area contributed by atoms with Gasteiger partial charge in [0, 0.05) is 12.7 Å². The van der Waals surface area contributed by atoms with Crippen molar-refractivity contribution < 1.29 is 4.79 Å². The quantitative estimate of drug-likeness (QED) is 0.921. The van der Waals surface area contributed by atoms with Gasteiger partial charge in [0.1, 0.15) is 0 Å². The van der Waals surface area contributed by atoms with Gasteiger partial charge < -0.3 is 5.32 Å². The van der Waals surface area contributed by atoms with Gasteiger partial charge in [-0.25, -0.2) is 0 Å². The van der Waals surface area contributed by atoms with Gasteiger partial charge in [-0.3, -0.25) is 9.48 Å². The highest BCUT2D eigenvalue weighted by molar-refractivity contribution is 5.96. The van der Waals surface area contributed by atoms with Crippen molar-refractivity contribution >= 4 is 5.91 Å². The second-order valence-electron chi connectivity index (χ2n) is 5.79. The largest absolute Gasteiger partial charge is 0.345 e. The molecule has 0 fully saturated rings. The third-order valence-corrected chi connectivity index (χ3v) is 4.41. The number of nitrogens with one attached hydrogen (secondary N) is 1. The molecule has 1 atom stereocenters. The molecule has 0 spiro atoms. The lowest BCUT2D eigenvalue weighted by molar-refractivity contribution is 0.0931. The highest BCUT2D eigenvalue weighted by Crippen LogP contribution is 2.29. The van der Waals surface area contributed by atoms with E-state index in [2.05, 4.69) is 28.6 Å². The molecule has 2 aromatic rings. The Balaban J connectivity index is 1.86. The molecule has 21 heavy (non-hydrogen) atoms. The fourth-order valence-electron chi connectivity index (χ4n) is 3.24. The number of aryl methyl sites for hydroxylation is 3. The third kappa shape index (κ3) is 2.46. The van der Waals surface area contributed by atoms with Crippen LogP contribution in [0.25, 0.3) is 0 Å². The topological polar surface area (TPSA) is 46.9 Å². The molecule has 1 amide bonds. The van der Waals surface area contributed by atoms with Gasteiger partial charge in [-0.15, -0.1) is 0 Å². The van der Waals surface area contributed by atoms with Crippen LogP contribution in [0.3, 0.4) is 0 Å². The molecule has 3 rings (SSSR count). The lowest BCUT2D eigenvalue weighted by Gasteiger charge is -2.26. The van der Waals surface area contributed by atoms with E-state index >= 15 is 0 Å². The van der Waals surface area contributed by atoms with Crippen LogP contribution in [0, 0.1) is 13.8 Å². The molecule has 110 valence electrons. The van der Waals surface area contributed by atoms with Crippen LogP contribution < -0.4 is 5.32 Å². The second kappa shape index (κ2) is 5.35. The molecule has 0 radical (unpaired) electrons. The minimum Gasteiger partial charge on any atom is -0.345 e. The summed E-state index contributed by atoms with van der Waals surface area (Å²) in [6, 6.07) is 8.51. The average molecular weight is 283 g/mol. The first-order valence-electron chi connectivity index (χ1n) is 7.47. The minimum absolute atomic E-state index is 0.0141. The van der Waals surface area contributed by atoms with Crippen molar-refractivity contribution in [1.29, 1.82) is 0 Å². The zero-order chi connectivity index (χ0) is 15.0. The van der Waals surface area contributed by atoms with Crippen LogP contribution in [0.4, 0.5) is 0 Å². The van der Waals surface area contributed by atoms with E-state index in [-0.39, 0.29) is 11.9 Å². The molecule has 1 N–H and O–H groups in total. The van der Waals surface area contributed by atoms with Crippen LogP contribution in [0.5, 0.6) is 0 Å². The van der Waals surface area contributed by atoms with Gasteiger partial charge >= 0.3 is 0 Å². The number of fused-ring (bicyclic) bond motifs is 1. The third-order valence-electron chi connectivity index (χ3n) is 4.41. The van der Waals surface area contributed by atoms with Crippen LogP contribution in [0.1, 0.15) is 51.8 Å². The molecule has 1 aliphatic carbocycles. The van der Waals surface area contributed by atoms with E-state index in [0.29, 0.717) is 5.56 Å². The fraction of sp³-hybridized carbons (Fsp3) is 0.412. The highest BCUT2D eigenvalue weighted by atomic mass is 16.1. The Morgan fingerprint density at radius 3 is 2.81 bits per heavy atom. The number of nitrogens with zero attached hydrogens (tertiary/aromatic N) is 2. The van der Waals surface area contributed by atoms with Crippen molar-refractivity contribution in [3.63, 3.8) is 0 Å². The Bertz CT molecular complexity index is 687. The molecule has 4 heteroatoms. The maximum atomic E-state index is 12.6. The molecule has 0 bridgehead atoms. The zero-order valence-corrected chi connectivity index (χ0v) is 12.8. The number of rotatable bonds is 2. The Morgan fingerprint density at radius 1 is 1.33 bits per heavy atom. The monoisotopic (exact) mass is 283 g/mol. The summed E-state index contributed by atoms with van der Waals surface area (Å²) in [5.41, 5.74) is 5.02. The summed E-state index contributed by atoms with van der Waals surface area (Å²) in [6.45, 7) is 3.82. The summed E-state index contributed by atoms with van der Waals surface area (Å²) in [7, 11) is 1.87. The maximum Gasteiger partial charge on any atom is 0.255 e. The van der Waals surface area contributed by atoms with E-state index in [1.54, 1.807) is 4.68 Å². The maximum absolute atomic E-state index is 12.6. The van der Waals surface area contributed by atoms with E-state index in [0.717, 1.165) is 30.7 Å². The number of carbonyl (C=O) groups is 1. The Morgan fingerprint density at radius 2 is 2.10 bits per heavy atom. The SMILES string of the molecule is Cc1nn(C)c(C)c1C(=O)NC1CCCc2ccccc21. The summed E-state index contributed by atoms with van der Waals surface area (Å²) in [5, 5.41) is 7.52. The van der Waals surface area contributed by atoms with Crippen LogP contribution in [0.2, 0.25) is 0 Å². The number of hydrogen-bond donors (Lipinski definition) is 1. The summed E-state index contributed by atoms with van der Waals surface area (Å²) < 4.78 is 1.76. The summed E-state index contributed by atoms with van der Waals surface area (Å²) in [6.07, 6.45) is 3.22. The van der Waals surface area contributed by atoms with Gasteiger partial charge in [0.2, 0.25) is 0 Å². The summed E-state index contributed by atoms with van der Waals surface area (Å²) in [4.78, 5) is 12.6. The van der Waals surface area contributed by atoms with Crippen molar-refractivity contribution in [2.45, 2.75) is 39.2 Å². The second-order valence-corrected chi connectivity index (χ2v) is 5.79. The summed E-state index contributed by atoms with van der Waals surface area (Å²) >= 11 is 0. The number of carbonyl (C=O) groups excluding carboxylic acids is 1. The van der Waals surface area contributed by atoms with Crippen molar-refractivity contribution in [2.24, 2.45) is 7.05 Å². The van der Waals surface area contributed by atoms with Crippen molar-refractivity contribution in [1.82, 2.24) is 15.1 Å². The van der Waals surface area contributed by atoms with E-state index in [1.165, 1.54) is 11.1 Å². The molecular formula is C17H21N3O. The zero-order valence-electron chi connectivity index (χ0n) is 12.8. The van der Waals surface area contributed by atoms with Gasteiger partial charge in [0.15, 0.2) is 0 Å². The van der Waals surface area contributed by atoms with Crippen LogP contribution in [0.15, 0.2) is 24.3 Å². The Hall–Kier alpha value is -2.10. The lowest BCUT2D eigenvalue weighted by Crippen LogP contribution is -2.31. The van der Waals surface area contributed by atoms with E-state index in [4.69, 9.17) is 0 Å². The van der Waals surface area contributed by atoms with E-state index < -0.39 is 0 Å². The molecule has 0 saturated heterocycles. The molecule has 0 aliphatic heterocycles. The van der Waals surface area contributed by atoms with Crippen molar-refractivity contribution in [2.75, 3.05) is 0 Å². The average Bonchev–Trinajstić information content (AvgIpc) is 2.72. The molecule has 1 aromatic carbocycles. The lowest BCUT2D eigenvalue weighted by atomic mass is 9.87. The van der Waals surface area contributed by atoms with E-state index in [1.807, 2.05) is 27.0 Å². The number of hydrogen-bond acceptors (Lipinski definition) is 2. The van der Waals surface area contributed by atoms with Gasteiger partial charge in [0.05, 0.1) is 17.3 Å². The minimum atomic E-state index is -0.0141. The van der Waals surface area contributed by atoms with Crippen molar-refractivity contribution in [3.8, 4) is 0 Å². The molecular weight excluding hydrogens is 262 g/mol. The Labute approximate surface area is 125 Å². The molecule has 4 nitrogen and oxygen atoms in total. The molecule has 1 unspecified atom stereocenters. The first-order chi connectivity index (χ1) is 10.1. The molecule has 1 heterocycles. The predicted molar refractivity (Wildman–Crippen MR) is 82.3 cm³/mol. The number of benzene rings is 1. The highest BCUT2D eigenvalue weighted by Gasteiger charge is 2.24. The molecule has 0 saturated carbocycles. The standard InChI is InChI=1S/C17H21N3O/c1-11-16(12(2)20(3)19-11)17(21)18-15-10-6-8-13-7-4-5-9-14(13)15/h4-5,7,9,15H,6,8,10H2,1-3H3,(H,18,21). The Kier molecular flexibility index (Phi) is 3.53. The summed E-state index contributed by atoms with van der Waals surface area (Å²) in [5.74, 6) is -0.0141. The number of aromatic nitrogens is 2. The van der Waals surface area contributed by atoms with Crippen LogP contribution >= 0.6 is 0 Å². The van der Waals surface area contributed by atoms with Gasteiger partial charge in [0.25, 0.3) is 5.91 Å². The van der Waals surface area contributed by atoms with Gasteiger partial charge in [-0.05, 0) is 44.2 Å². The van der Waals surface area contributed by atoms with Crippen LogP contribution in [-0.4, -0.2) is 15.7 Å². The van der Waals surface area contributed by atoms with E-state index in [9.17, 15) is 4.79 Å². The first kappa shape index (κ1) is 13.9. The predicted octanol–water partition coefficient (Wildman–Crippen LogP) is 2.84.